The quantitative estimate of drug-likeness (QED) is 0.594. The Hall–Kier alpha value is -1.62. The first-order valence-corrected chi connectivity index (χ1v) is 4.35. The molecule has 0 spiro atoms. The second kappa shape index (κ2) is 4.27. The second-order valence-corrected chi connectivity index (χ2v) is 3.16. The van der Waals surface area contributed by atoms with E-state index in [2.05, 4.69) is 0 Å². The van der Waals surface area contributed by atoms with Crippen LogP contribution in [0.5, 0.6) is 0 Å². The van der Waals surface area contributed by atoms with E-state index in [9.17, 15) is 9.18 Å². The second-order valence-electron chi connectivity index (χ2n) is 3.16. The van der Waals surface area contributed by atoms with E-state index in [1.165, 1.54) is 20.2 Å². The molecule has 15 heavy (non-hydrogen) atoms. The molecule has 0 radical (unpaired) electrons. The fourth-order valence-corrected chi connectivity index (χ4v) is 1.09. The molecular weight excluding hydrogens is 199 g/mol. The highest BCUT2D eigenvalue weighted by atomic mass is 19.1. The molecule has 1 aromatic rings. The van der Waals surface area contributed by atoms with Crippen LogP contribution < -0.4 is 5.73 Å². The summed E-state index contributed by atoms with van der Waals surface area (Å²) in [5.41, 5.74) is 6.31. The van der Waals surface area contributed by atoms with Crippen molar-refractivity contribution in [3.8, 4) is 0 Å². The van der Waals surface area contributed by atoms with E-state index < -0.39 is 11.7 Å². The molecule has 5 heteroatoms. The maximum Gasteiger partial charge on any atom is 0.277 e. The number of hydrogen-bond donors (Lipinski definition) is 1. The maximum atomic E-state index is 13.3. The van der Waals surface area contributed by atoms with E-state index in [0.717, 1.165) is 11.1 Å². The normalized spacial score (nSPS) is 10.1. The molecule has 4 nitrogen and oxygen atoms in total. The van der Waals surface area contributed by atoms with Gasteiger partial charge in [-0.2, -0.15) is 0 Å². The summed E-state index contributed by atoms with van der Waals surface area (Å²) in [7, 11) is 2.79. The zero-order valence-electron chi connectivity index (χ0n) is 8.87. The summed E-state index contributed by atoms with van der Waals surface area (Å²) in [5.74, 6) is -0.939. The Labute approximate surface area is 87.4 Å². The summed E-state index contributed by atoms with van der Waals surface area (Å²) in [6.07, 6.45) is 0. The van der Waals surface area contributed by atoms with Crippen LogP contribution in [-0.2, 0) is 4.84 Å². The molecule has 0 heterocycles. The van der Waals surface area contributed by atoms with Gasteiger partial charge in [-0.05, 0) is 19.1 Å². The van der Waals surface area contributed by atoms with Crippen LogP contribution in [0, 0.1) is 12.7 Å². The Morgan fingerprint density at radius 1 is 1.53 bits per heavy atom. The molecular formula is C10H13FN2O2. The number of hydroxylamine groups is 2. The van der Waals surface area contributed by atoms with Gasteiger partial charge in [0.1, 0.15) is 5.82 Å². The van der Waals surface area contributed by atoms with Crippen molar-refractivity contribution in [2.24, 2.45) is 0 Å². The van der Waals surface area contributed by atoms with Crippen LogP contribution in [0.15, 0.2) is 12.1 Å². The molecule has 82 valence electrons. The number of nitrogens with two attached hydrogens (primary N) is 1. The summed E-state index contributed by atoms with van der Waals surface area (Å²) in [6.45, 7) is 1.55. The molecule has 0 atom stereocenters. The minimum absolute atomic E-state index is 0.167. The van der Waals surface area contributed by atoms with Gasteiger partial charge in [-0.25, -0.2) is 9.45 Å². The van der Waals surface area contributed by atoms with Crippen LogP contribution in [-0.4, -0.2) is 25.1 Å². The summed E-state index contributed by atoms with van der Waals surface area (Å²) in [5, 5.41) is 1.00. The average molecular weight is 212 g/mol. The van der Waals surface area contributed by atoms with Crippen molar-refractivity contribution < 1.29 is 14.0 Å². The lowest BCUT2D eigenvalue weighted by Gasteiger charge is -2.14. The van der Waals surface area contributed by atoms with Gasteiger partial charge in [-0.15, -0.1) is 0 Å². The Morgan fingerprint density at radius 3 is 2.60 bits per heavy atom. The van der Waals surface area contributed by atoms with Crippen LogP contribution in [0.3, 0.4) is 0 Å². The summed E-state index contributed by atoms with van der Waals surface area (Å²) in [4.78, 5) is 16.3. The van der Waals surface area contributed by atoms with Crippen molar-refractivity contribution in [1.29, 1.82) is 0 Å². The SMILES string of the molecule is CON(C)C(=O)c1cc(N)c(C)c(F)c1. The Kier molecular flexibility index (Phi) is 3.26. The molecule has 1 rings (SSSR count). The highest BCUT2D eigenvalue weighted by Gasteiger charge is 2.14. The third-order valence-electron chi connectivity index (χ3n) is 2.19. The topological polar surface area (TPSA) is 55.6 Å². The third-order valence-corrected chi connectivity index (χ3v) is 2.19. The molecule has 0 saturated heterocycles. The number of nitrogen functional groups attached to an aromatic ring is 1. The van der Waals surface area contributed by atoms with Gasteiger partial charge in [0, 0.05) is 23.9 Å². The molecule has 1 amide bonds. The molecule has 0 bridgehead atoms. The number of halogens is 1. The van der Waals surface area contributed by atoms with Crippen LogP contribution in [0.4, 0.5) is 10.1 Å². The Balaban J connectivity index is 3.12. The van der Waals surface area contributed by atoms with Crippen molar-refractivity contribution in [3.63, 3.8) is 0 Å². The molecule has 2 N–H and O–H groups in total. The van der Waals surface area contributed by atoms with Crippen LogP contribution in [0.25, 0.3) is 0 Å². The minimum atomic E-state index is -0.497. The predicted molar refractivity (Wildman–Crippen MR) is 54.7 cm³/mol. The van der Waals surface area contributed by atoms with Crippen molar-refractivity contribution in [2.75, 3.05) is 19.9 Å². The predicted octanol–water partition coefficient (Wildman–Crippen LogP) is 1.35. The number of hydrogen-bond acceptors (Lipinski definition) is 3. The summed E-state index contributed by atoms with van der Waals surface area (Å²) >= 11 is 0. The molecule has 0 aromatic heterocycles. The van der Waals surface area contributed by atoms with Gasteiger partial charge in [-0.3, -0.25) is 9.63 Å². The van der Waals surface area contributed by atoms with Crippen molar-refractivity contribution in [1.82, 2.24) is 5.06 Å². The zero-order chi connectivity index (χ0) is 11.6. The molecule has 0 saturated carbocycles. The highest BCUT2D eigenvalue weighted by Crippen LogP contribution is 2.18. The third kappa shape index (κ3) is 2.24. The Bertz CT molecular complexity index is 370. The van der Waals surface area contributed by atoms with Gasteiger partial charge < -0.3 is 5.73 Å². The van der Waals surface area contributed by atoms with E-state index in [-0.39, 0.29) is 11.3 Å². The molecule has 0 unspecified atom stereocenters. The molecule has 0 aliphatic carbocycles. The monoisotopic (exact) mass is 212 g/mol. The van der Waals surface area contributed by atoms with Gasteiger partial charge in [0.05, 0.1) is 7.11 Å². The minimum Gasteiger partial charge on any atom is -0.398 e. The number of rotatable bonds is 2. The number of carbonyl (C=O) groups is 1. The molecule has 0 aliphatic heterocycles. The van der Waals surface area contributed by atoms with Gasteiger partial charge in [0.25, 0.3) is 5.91 Å². The van der Waals surface area contributed by atoms with Crippen LogP contribution >= 0.6 is 0 Å². The average Bonchev–Trinajstić information content (AvgIpc) is 2.23. The number of anilines is 1. The number of carbonyl (C=O) groups excluding carboxylic acids is 1. The fraction of sp³-hybridized carbons (Fsp3) is 0.300. The van der Waals surface area contributed by atoms with Gasteiger partial charge in [-0.1, -0.05) is 0 Å². The Morgan fingerprint density at radius 2 is 2.13 bits per heavy atom. The standard InChI is InChI=1S/C10H13FN2O2/c1-6-8(11)4-7(5-9(6)12)10(14)13(2)15-3/h4-5H,12H2,1-3H3. The number of benzene rings is 1. The lowest BCUT2D eigenvalue weighted by molar-refractivity contribution is -0.0757. The lowest BCUT2D eigenvalue weighted by atomic mass is 10.1. The van der Waals surface area contributed by atoms with Gasteiger partial charge >= 0.3 is 0 Å². The highest BCUT2D eigenvalue weighted by molar-refractivity contribution is 5.94. The van der Waals surface area contributed by atoms with Crippen molar-refractivity contribution in [2.45, 2.75) is 6.92 Å². The van der Waals surface area contributed by atoms with E-state index in [0.29, 0.717) is 5.56 Å². The van der Waals surface area contributed by atoms with E-state index in [1.807, 2.05) is 0 Å². The number of amides is 1. The summed E-state index contributed by atoms with van der Waals surface area (Å²) in [6, 6.07) is 2.57. The van der Waals surface area contributed by atoms with E-state index in [1.54, 1.807) is 6.92 Å². The molecule has 0 aliphatic rings. The first-order chi connectivity index (χ1) is 6.97. The van der Waals surface area contributed by atoms with Gasteiger partial charge in [0.2, 0.25) is 0 Å². The largest absolute Gasteiger partial charge is 0.398 e. The zero-order valence-corrected chi connectivity index (χ0v) is 8.87. The van der Waals surface area contributed by atoms with Gasteiger partial charge in [0.15, 0.2) is 0 Å². The van der Waals surface area contributed by atoms with Crippen LogP contribution in [0.2, 0.25) is 0 Å². The first-order valence-electron chi connectivity index (χ1n) is 4.35. The molecule has 1 aromatic carbocycles. The fourth-order valence-electron chi connectivity index (χ4n) is 1.09. The van der Waals surface area contributed by atoms with Crippen LogP contribution in [0.1, 0.15) is 15.9 Å². The smallest absolute Gasteiger partial charge is 0.277 e. The summed E-state index contributed by atoms with van der Waals surface area (Å²) < 4.78 is 13.3. The number of nitrogens with zero attached hydrogens (tertiary/aromatic N) is 1. The lowest BCUT2D eigenvalue weighted by Crippen LogP contribution is -2.25. The van der Waals surface area contributed by atoms with Crippen molar-refractivity contribution in [3.05, 3.63) is 29.1 Å². The van der Waals surface area contributed by atoms with Crippen molar-refractivity contribution >= 4 is 11.6 Å². The first kappa shape index (κ1) is 11.5. The van der Waals surface area contributed by atoms with E-state index >= 15 is 0 Å². The maximum absolute atomic E-state index is 13.3. The van der Waals surface area contributed by atoms with E-state index in [4.69, 9.17) is 10.6 Å². The molecule has 0 fully saturated rings.